The number of hydrogen-bond acceptors (Lipinski definition) is 2. The summed E-state index contributed by atoms with van der Waals surface area (Å²) < 4.78 is 3.02. The molecule has 0 N–H and O–H groups in total. The third kappa shape index (κ3) is 3.47. The Kier molecular flexibility index (Phi) is 3.97. The molecule has 104 valence electrons. The van der Waals surface area contributed by atoms with Crippen LogP contribution in [-0.2, 0) is 0 Å². The molecule has 3 rings (SSSR count). The van der Waals surface area contributed by atoms with Crippen molar-refractivity contribution in [2.24, 2.45) is 4.99 Å². The zero-order chi connectivity index (χ0) is 14.7. The number of aliphatic imine (C=N–C) groups is 1. The van der Waals surface area contributed by atoms with Crippen LogP contribution >= 0.6 is 15.9 Å². The van der Waals surface area contributed by atoms with Gasteiger partial charge in [0.15, 0.2) is 5.82 Å². The second kappa shape index (κ2) is 6.06. The molecule has 0 atom stereocenters. The summed E-state index contributed by atoms with van der Waals surface area (Å²) in [5.41, 5.74) is 3.37. The number of rotatable bonds is 3. The molecule has 0 fully saturated rings. The molecule has 0 saturated carbocycles. The Bertz CT molecular complexity index is 755. The number of aromatic nitrogens is 2. The van der Waals surface area contributed by atoms with Gasteiger partial charge in [-0.15, -0.1) is 0 Å². The van der Waals surface area contributed by atoms with Crippen LogP contribution in [0.15, 0.2) is 70.5 Å². The fraction of sp³-hybridized carbons (Fsp3) is 0.0588. The van der Waals surface area contributed by atoms with Crippen molar-refractivity contribution in [1.82, 2.24) is 9.55 Å². The molecule has 0 aliphatic carbocycles. The third-order valence-corrected chi connectivity index (χ3v) is 3.65. The highest BCUT2D eigenvalue weighted by molar-refractivity contribution is 9.10. The standard InChI is InChI=1S/C17H14BrN3/c1-13-2-8-16(9-3-13)21-11-17(20-12-21)19-10-14-4-6-15(18)7-5-14/h2-12H,1H3/b19-10+. The third-order valence-electron chi connectivity index (χ3n) is 3.12. The van der Waals surface area contributed by atoms with Crippen LogP contribution in [0, 0.1) is 6.92 Å². The molecule has 0 amide bonds. The molecular weight excluding hydrogens is 326 g/mol. The van der Waals surface area contributed by atoms with Gasteiger partial charge in [0.1, 0.15) is 6.33 Å². The Balaban J connectivity index is 1.78. The quantitative estimate of drug-likeness (QED) is 0.636. The molecule has 0 saturated heterocycles. The Hall–Kier alpha value is -2.20. The Labute approximate surface area is 132 Å². The van der Waals surface area contributed by atoms with E-state index in [1.165, 1.54) is 5.56 Å². The highest BCUT2D eigenvalue weighted by Crippen LogP contribution is 2.15. The summed E-state index contributed by atoms with van der Waals surface area (Å²) in [6.45, 7) is 2.08. The summed E-state index contributed by atoms with van der Waals surface area (Å²) in [6.07, 6.45) is 5.51. The predicted octanol–water partition coefficient (Wildman–Crippen LogP) is 4.69. The Morgan fingerprint density at radius 1 is 1.05 bits per heavy atom. The van der Waals surface area contributed by atoms with E-state index in [1.807, 2.05) is 41.2 Å². The van der Waals surface area contributed by atoms with Crippen LogP contribution in [0.3, 0.4) is 0 Å². The fourth-order valence-electron chi connectivity index (χ4n) is 1.93. The van der Waals surface area contributed by atoms with E-state index in [1.54, 1.807) is 6.33 Å². The Morgan fingerprint density at radius 3 is 2.48 bits per heavy atom. The molecule has 21 heavy (non-hydrogen) atoms. The van der Waals surface area contributed by atoms with E-state index in [4.69, 9.17) is 0 Å². The lowest BCUT2D eigenvalue weighted by Crippen LogP contribution is -1.88. The summed E-state index contributed by atoms with van der Waals surface area (Å²) in [7, 11) is 0. The van der Waals surface area contributed by atoms with E-state index in [2.05, 4.69) is 57.1 Å². The molecule has 1 aromatic heterocycles. The van der Waals surface area contributed by atoms with E-state index in [0.29, 0.717) is 5.82 Å². The number of benzene rings is 2. The molecule has 0 bridgehead atoms. The molecule has 0 unspecified atom stereocenters. The van der Waals surface area contributed by atoms with Crippen LogP contribution in [0.4, 0.5) is 5.82 Å². The van der Waals surface area contributed by atoms with Gasteiger partial charge >= 0.3 is 0 Å². The van der Waals surface area contributed by atoms with Crippen LogP contribution < -0.4 is 0 Å². The lowest BCUT2D eigenvalue weighted by molar-refractivity contribution is 1.05. The smallest absolute Gasteiger partial charge is 0.170 e. The number of imidazole rings is 1. The zero-order valence-electron chi connectivity index (χ0n) is 11.6. The number of hydrogen-bond donors (Lipinski definition) is 0. The van der Waals surface area contributed by atoms with E-state index >= 15 is 0 Å². The SMILES string of the molecule is Cc1ccc(-n2cnc(/N=C/c3ccc(Br)cc3)c2)cc1. The van der Waals surface area contributed by atoms with Crippen molar-refractivity contribution >= 4 is 28.0 Å². The van der Waals surface area contributed by atoms with Gasteiger partial charge < -0.3 is 4.57 Å². The normalized spacial score (nSPS) is 11.1. The summed E-state index contributed by atoms with van der Waals surface area (Å²) in [6, 6.07) is 16.3. The molecule has 2 aromatic carbocycles. The van der Waals surface area contributed by atoms with Gasteiger partial charge in [0, 0.05) is 16.4 Å². The molecule has 0 aliphatic rings. The van der Waals surface area contributed by atoms with E-state index in [0.717, 1.165) is 15.7 Å². The van der Waals surface area contributed by atoms with Gasteiger partial charge in [-0.25, -0.2) is 9.98 Å². The second-order valence-corrected chi connectivity index (χ2v) is 5.70. The maximum Gasteiger partial charge on any atom is 0.170 e. The molecule has 4 heteroatoms. The second-order valence-electron chi connectivity index (χ2n) is 4.78. The minimum Gasteiger partial charge on any atom is -0.304 e. The maximum atomic E-state index is 4.40. The Morgan fingerprint density at radius 2 is 1.76 bits per heavy atom. The highest BCUT2D eigenvalue weighted by Gasteiger charge is 1.99. The van der Waals surface area contributed by atoms with Crippen molar-refractivity contribution in [3.8, 4) is 5.69 Å². The first-order chi connectivity index (χ1) is 10.2. The van der Waals surface area contributed by atoms with Gasteiger partial charge in [-0.05, 0) is 36.8 Å². The first kappa shape index (κ1) is 13.8. The average molecular weight is 340 g/mol. The van der Waals surface area contributed by atoms with Crippen molar-refractivity contribution in [2.45, 2.75) is 6.92 Å². The minimum absolute atomic E-state index is 0.693. The summed E-state index contributed by atoms with van der Waals surface area (Å²) in [5, 5.41) is 0. The minimum atomic E-state index is 0.693. The monoisotopic (exact) mass is 339 g/mol. The van der Waals surface area contributed by atoms with Crippen molar-refractivity contribution in [2.75, 3.05) is 0 Å². The summed E-state index contributed by atoms with van der Waals surface area (Å²) >= 11 is 3.42. The molecule has 0 radical (unpaired) electrons. The predicted molar refractivity (Wildman–Crippen MR) is 89.7 cm³/mol. The van der Waals surface area contributed by atoms with Gasteiger partial charge in [0.05, 0.1) is 6.20 Å². The fourth-order valence-corrected chi connectivity index (χ4v) is 2.19. The van der Waals surface area contributed by atoms with E-state index in [-0.39, 0.29) is 0 Å². The molecule has 1 heterocycles. The number of halogens is 1. The summed E-state index contributed by atoms with van der Waals surface area (Å²) in [5.74, 6) is 0.693. The van der Waals surface area contributed by atoms with Crippen molar-refractivity contribution in [3.63, 3.8) is 0 Å². The molecule has 3 nitrogen and oxygen atoms in total. The largest absolute Gasteiger partial charge is 0.304 e. The van der Waals surface area contributed by atoms with Crippen molar-refractivity contribution < 1.29 is 0 Å². The molecule has 0 spiro atoms. The number of aryl methyl sites for hydroxylation is 1. The average Bonchev–Trinajstić information content (AvgIpc) is 2.96. The molecular formula is C17H14BrN3. The van der Waals surface area contributed by atoms with Gasteiger partial charge in [-0.1, -0.05) is 45.8 Å². The van der Waals surface area contributed by atoms with Gasteiger partial charge in [-0.2, -0.15) is 0 Å². The van der Waals surface area contributed by atoms with Gasteiger partial charge in [0.25, 0.3) is 0 Å². The highest BCUT2D eigenvalue weighted by atomic mass is 79.9. The van der Waals surface area contributed by atoms with Crippen LogP contribution in [-0.4, -0.2) is 15.8 Å². The lowest BCUT2D eigenvalue weighted by atomic mass is 10.2. The first-order valence-electron chi connectivity index (χ1n) is 6.61. The zero-order valence-corrected chi connectivity index (χ0v) is 13.2. The lowest BCUT2D eigenvalue weighted by Gasteiger charge is -2.00. The summed E-state index contributed by atoms with van der Waals surface area (Å²) in [4.78, 5) is 8.70. The van der Waals surface area contributed by atoms with E-state index < -0.39 is 0 Å². The van der Waals surface area contributed by atoms with Crippen LogP contribution in [0.2, 0.25) is 0 Å². The molecule has 0 aliphatic heterocycles. The molecule has 3 aromatic rings. The van der Waals surface area contributed by atoms with Crippen molar-refractivity contribution in [3.05, 3.63) is 76.7 Å². The van der Waals surface area contributed by atoms with Gasteiger partial charge in [-0.3, -0.25) is 0 Å². The van der Waals surface area contributed by atoms with Gasteiger partial charge in [0.2, 0.25) is 0 Å². The van der Waals surface area contributed by atoms with E-state index in [9.17, 15) is 0 Å². The van der Waals surface area contributed by atoms with Crippen LogP contribution in [0.25, 0.3) is 5.69 Å². The first-order valence-corrected chi connectivity index (χ1v) is 7.41. The van der Waals surface area contributed by atoms with Crippen LogP contribution in [0.5, 0.6) is 0 Å². The van der Waals surface area contributed by atoms with Crippen molar-refractivity contribution in [1.29, 1.82) is 0 Å². The maximum absolute atomic E-state index is 4.40. The topological polar surface area (TPSA) is 30.2 Å². The van der Waals surface area contributed by atoms with Crippen LogP contribution in [0.1, 0.15) is 11.1 Å². The number of nitrogens with zero attached hydrogens (tertiary/aromatic N) is 3.